The summed E-state index contributed by atoms with van der Waals surface area (Å²) < 4.78 is 0. The van der Waals surface area contributed by atoms with Crippen molar-refractivity contribution in [1.82, 2.24) is 5.32 Å². The van der Waals surface area contributed by atoms with Crippen molar-refractivity contribution in [2.24, 2.45) is 23.7 Å². The summed E-state index contributed by atoms with van der Waals surface area (Å²) in [6, 6.07) is 0.110. The van der Waals surface area contributed by atoms with Gasteiger partial charge in [-0.2, -0.15) is 0 Å². The van der Waals surface area contributed by atoms with Gasteiger partial charge in [-0.3, -0.25) is 9.59 Å². The van der Waals surface area contributed by atoms with Crippen molar-refractivity contribution in [3.05, 3.63) is 0 Å². The lowest BCUT2D eigenvalue weighted by molar-refractivity contribution is -0.141. The van der Waals surface area contributed by atoms with Gasteiger partial charge in [0.05, 0.1) is 5.92 Å². The van der Waals surface area contributed by atoms with E-state index in [4.69, 9.17) is 5.11 Å². The van der Waals surface area contributed by atoms with E-state index in [1.807, 2.05) is 6.92 Å². The van der Waals surface area contributed by atoms with Gasteiger partial charge < -0.3 is 15.2 Å². The molecule has 0 saturated heterocycles. The molecule has 1 rings (SSSR count). The van der Waals surface area contributed by atoms with Crippen molar-refractivity contribution in [1.29, 1.82) is 0 Å². The number of hydrogen-bond donors (Lipinski definition) is 2. The van der Waals surface area contributed by atoms with E-state index in [0.29, 0.717) is 18.8 Å². The number of nitrogens with one attached hydrogen (secondary N) is 1. The van der Waals surface area contributed by atoms with Crippen molar-refractivity contribution < 1.29 is 19.5 Å². The number of hydrogen-bond acceptors (Lipinski definition) is 3. The summed E-state index contributed by atoms with van der Waals surface area (Å²) in [5.41, 5.74) is 0. The normalized spacial score (nSPS) is 27.9. The fourth-order valence-electron chi connectivity index (χ4n) is 3.53. The van der Waals surface area contributed by atoms with E-state index in [2.05, 4.69) is 12.2 Å². The van der Waals surface area contributed by atoms with Crippen LogP contribution < -0.4 is 5.32 Å². The zero-order valence-electron chi connectivity index (χ0n) is 13.2. The Balaban J connectivity index is 2.53. The van der Waals surface area contributed by atoms with Crippen molar-refractivity contribution >= 4 is 18.2 Å². The van der Waals surface area contributed by atoms with Crippen LogP contribution in [0, 0.1) is 23.7 Å². The second-order valence-corrected chi connectivity index (χ2v) is 6.30. The fourth-order valence-corrected chi connectivity index (χ4v) is 3.53. The third kappa shape index (κ3) is 5.14. The van der Waals surface area contributed by atoms with Crippen LogP contribution in [0.1, 0.15) is 52.9 Å². The van der Waals surface area contributed by atoms with Crippen LogP contribution in [-0.2, 0) is 14.4 Å². The molecule has 0 aromatic rings. The minimum Gasteiger partial charge on any atom is -0.481 e. The summed E-state index contributed by atoms with van der Waals surface area (Å²) in [6.07, 6.45) is 4.73. The topological polar surface area (TPSA) is 83.5 Å². The lowest BCUT2D eigenvalue weighted by Crippen LogP contribution is -2.36. The summed E-state index contributed by atoms with van der Waals surface area (Å²) in [5.74, 6) is -0.786. The Morgan fingerprint density at radius 2 is 2.05 bits per heavy atom. The maximum Gasteiger partial charge on any atom is 0.306 e. The first-order chi connectivity index (χ1) is 9.88. The van der Waals surface area contributed by atoms with E-state index in [1.165, 1.54) is 6.92 Å². The quantitative estimate of drug-likeness (QED) is 0.673. The summed E-state index contributed by atoms with van der Waals surface area (Å²) in [4.78, 5) is 33.3. The highest BCUT2D eigenvalue weighted by atomic mass is 16.4. The molecule has 5 unspecified atom stereocenters. The van der Waals surface area contributed by atoms with Gasteiger partial charge in [0.2, 0.25) is 5.91 Å². The first-order valence-corrected chi connectivity index (χ1v) is 7.84. The number of carboxylic acids is 1. The van der Waals surface area contributed by atoms with Gasteiger partial charge in [0.25, 0.3) is 0 Å². The molecule has 0 radical (unpaired) electrons. The molecule has 2 N–H and O–H groups in total. The zero-order valence-corrected chi connectivity index (χ0v) is 13.2. The SMILES string of the molecule is CCC(CCC1CC(C(=O)O)CC1C=O)C(C)NC(C)=O. The van der Waals surface area contributed by atoms with E-state index in [-0.39, 0.29) is 29.7 Å². The van der Waals surface area contributed by atoms with Crippen LogP contribution in [0.15, 0.2) is 0 Å². The fraction of sp³-hybridized carbons (Fsp3) is 0.812. The van der Waals surface area contributed by atoms with Gasteiger partial charge in [0, 0.05) is 18.9 Å². The second kappa shape index (κ2) is 8.15. The predicted molar refractivity (Wildman–Crippen MR) is 79.7 cm³/mol. The molecule has 120 valence electrons. The van der Waals surface area contributed by atoms with E-state index in [1.54, 1.807) is 0 Å². The van der Waals surface area contributed by atoms with E-state index >= 15 is 0 Å². The Hall–Kier alpha value is -1.39. The third-order valence-electron chi connectivity index (χ3n) is 4.84. The standard InChI is InChI=1S/C16H27NO4/c1-4-12(10(2)17-11(3)19)5-6-13-7-14(16(20)21)8-15(13)9-18/h9-10,12-15H,4-8H2,1-3H3,(H,17,19)(H,20,21). The summed E-state index contributed by atoms with van der Waals surface area (Å²) >= 11 is 0. The lowest BCUT2D eigenvalue weighted by Gasteiger charge is -2.25. The van der Waals surface area contributed by atoms with Crippen molar-refractivity contribution in [3.63, 3.8) is 0 Å². The molecule has 5 heteroatoms. The van der Waals surface area contributed by atoms with Crippen LogP contribution in [0.3, 0.4) is 0 Å². The Morgan fingerprint density at radius 1 is 1.38 bits per heavy atom. The molecule has 0 heterocycles. The van der Waals surface area contributed by atoms with Gasteiger partial charge in [-0.25, -0.2) is 0 Å². The van der Waals surface area contributed by atoms with Crippen molar-refractivity contribution in [2.45, 2.75) is 58.9 Å². The molecule has 0 spiro atoms. The van der Waals surface area contributed by atoms with Crippen LogP contribution >= 0.6 is 0 Å². The first-order valence-electron chi connectivity index (χ1n) is 7.84. The molecule has 0 aromatic carbocycles. The number of carbonyl (C=O) groups is 3. The number of aliphatic carboxylic acids is 1. The highest BCUT2D eigenvalue weighted by molar-refractivity contribution is 5.73. The average Bonchev–Trinajstić information content (AvgIpc) is 2.82. The third-order valence-corrected chi connectivity index (χ3v) is 4.84. The maximum atomic E-state index is 11.1. The Labute approximate surface area is 126 Å². The van der Waals surface area contributed by atoms with Gasteiger partial charge in [-0.15, -0.1) is 0 Å². The van der Waals surface area contributed by atoms with Crippen molar-refractivity contribution in [2.75, 3.05) is 0 Å². The monoisotopic (exact) mass is 297 g/mol. The molecule has 1 amide bonds. The summed E-state index contributed by atoms with van der Waals surface area (Å²) in [7, 11) is 0. The lowest BCUT2D eigenvalue weighted by atomic mass is 9.85. The predicted octanol–water partition coefficient (Wildman–Crippen LogP) is 2.24. The van der Waals surface area contributed by atoms with Crippen molar-refractivity contribution in [3.8, 4) is 0 Å². The largest absolute Gasteiger partial charge is 0.481 e. The number of rotatable bonds is 8. The molecule has 1 saturated carbocycles. The Kier molecular flexibility index (Phi) is 6.85. The van der Waals surface area contributed by atoms with E-state index in [9.17, 15) is 14.4 Å². The molecule has 0 aliphatic heterocycles. The van der Waals surface area contributed by atoms with Crippen LogP contribution in [0.5, 0.6) is 0 Å². The molecular formula is C16H27NO4. The summed E-state index contributed by atoms with van der Waals surface area (Å²) in [5, 5.41) is 12.0. The van der Waals surface area contributed by atoms with Crippen LogP contribution in [0.25, 0.3) is 0 Å². The highest BCUT2D eigenvalue weighted by Gasteiger charge is 2.37. The molecule has 1 fully saturated rings. The molecule has 0 aromatic heterocycles. The molecule has 0 bridgehead atoms. The van der Waals surface area contributed by atoms with E-state index < -0.39 is 5.97 Å². The number of aldehydes is 1. The number of amides is 1. The summed E-state index contributed by atoms with van der Waals surface area (Å²) in [6.45, 7) is 5.61. The van der Waals surface area contributed by atoms with Crippen LogP contribution in [0.4, 0.5) is 0 Å². The maximum absolute atomic E-state index is 11.1. The van der Waals surface area contributed by atoms with Gasteiger partial charge >= 0.3 is 5.97 Å². The molecule has 21 heavy (non-hydrogen) atoms. The Morgan fingerprint density at radius 3 is 2.52 bits per heavy atom. The van der Waals surface area contributed by atoms with Gasteiger partial charge in [0.1, 0.15) is 6.29 Å². The van der Waals surface area contributed by atoms with Gasteiger partial charge in [-0.05, 0) is 44.4 Å². The molecular weight excluding hydrogens is 270 g/mol. The second-order valence-electron chi connectivity index (χ2n) is 6.30. The molecule has 5 atom stereocenters. The highest BCUT2D eigenvalue weighted by Crippen LogP contribution is 2.39. The molecule has 1 aliphatic carbocycles. The van der Waals surface area contributed by atoms with Gasteiger partial charge in [-0.1, -0.05) is 13.3 Å². The average molecular weight is 297 g/mol. The van der Waals surface area contributed by atoms with E-state index in [0.717, 1.165) is 25.5 Å². The molecule has 1 aliphatic rings. The number of carboxylic acid groups (broad SMARTS) is 1. The first kappa shape index (κ1) is 17.7. The molecule has 5 nitrogen and oxygen atoms in total. The minimum absolute atomic E-state index is 0.0291. The van der Waals surface area contributed by atoms with Gasteiger partial charge in [0.15, 0.2) is 0 Å². The Bertz CT molecular complexity index is 382. The zero-order chi connectivity index (χ0) is 16.0. The number of carbonyl (C=O) groups excluding carboxylic acids is 2. The van der Waals surface area contributed by atoms with Crippen LogP contribution in [0.2, 0.25) is 0 Å². The van der Waals surface area contributed by atoms with Crippen LogP contribution in [-0.4, -0.2) is 29.3 Å². The smallest absolute Gasteiger partial charge is 0.306 e. The minimum atomic E-state index is -0.789.